The first kappa shape index (κ1) is 12.6. The van der Waals surface area contributed by atoms with Gasteiger partial charge in [0, 0.05) is 18.7 Å². The van der Waals surface area contributed by atoms with Crippen LogP contribution in [0.25, 0.3) is 0 Å². The molecule has 2 heterocycles. The Morgan fingerprint density at radius 2 is 2.35 bits per heavy atom. The molecule has 5 heteroatoms. The fourth-order valence-electron chi connectivity index (χ4n) is 2.27. The lowest BCUT2D eigenvalue weighted by Gasteiger charge is -2.32. The fourth-order valence-corrected chi connectivity index (χ4v) is 2.49. The minimum atomic E-state index is -0.257. The van der Waals surface area contributed by atoms with Crippen molar-refractivity contribution >= 4 is 17.4 Å². The highest BCUT2D eigenvalue weighted by Gasteiger charge is 2.22. The number of hydrogen-bond donors (Lipinski definition) is 1. The average Bonchev–Trinajstić information content (AvgIpc) is 2.32. The molecule has 1 aliphatic rings. The summed E-state index contributed by atoms with van der Waals surface area (Å²) >= 11 is 6.12. The number of aliphatic hydroxyl groups is 1. The van der Waals surface area contributed by atoms with E-state index in [1.807, 2.05) is 0 Å². The zero-order chi connectivity index (χ0) is 12.3. The van der Waals surface area contributed by atoms with Crippen LogP contribution in [-0.4, -0.2) is 34.3 Å². The SMILES string of the molecule is CCCc1c(Cl)ncnc1N1CCCC(O)C1. The summed E-state index contributed by atoms with van der Waals surface area (Å²) in [6, 6.07) is 0. The molecule has 17 heavy (non-hydrogen) atoms. The maximum absolute atomic E-state index is 9.71. The number of aromatic nitrogens is 2. The molecular weight excluding hydrogens is 238 g/mol. The van der Waals surface area contributed by atoms with Crippen molar-refractivity contribution in [2.75, 3.05) is 18.0 Å². The van der Waals surface area contributed by atoms with Crippen LogP contribution in [0.1, 0.15) is 31.7 Å². The van der Waals surface area contributed by atoms with Crippen molar-refractivity contribution in [2.45, 2.75) is 38.7 Å². The largest absolute Gasteiger partial charge is 0.391 e. The molecule has 0 aliphatic carbocycles. The summed E-state index contributed by atoms with van der Waals surface area (Å²) in [6.45, 7) is 3.68. The van der Waals surface area contributed by atoms with Gasteiger partial charge in [-0.3, -0.25) is 0 Å². The summed E-state index contributed by atoms with van der Waals surface area (Å²) in [7, 11) is 0. The van der Waals surface area contributed by atoms with E-state index in [4.69, 9.17) is 11.6 Å². The van der Waals surface area contributed by atoms with Crippen molar-refractivity contribution in [3.63, 3.8) is 0 Å². The van der Waals surface area contributed by atoms with E-state index >= 15 is 0 Å². The van der Waals surface area contributed by atoms with E-state index in [1.54, 1.807) is 0 Å². The zero-order valence-corrected chi connectivity index (χ0v) is 10.8. The van der Waals surface area contributed by atoms with Crippen molar-refractivity contribution in [1.82, 2.24) is 9.97 Å². The molecule has 0 spiro atoms. The topological polar surface area (TPSA) is 49.2 Å². The van der Waals surface area contributed by atoms with Crippen molar-refractivity contribution in [3.05, 3.63) is 17.0 Å². The summed E-state index contributed by atoms with van der Waals surface area (Å²) in [5, 5.41) is 10.3. The van der Waals surface area contributed by atoms with E-state index in [1.165, 1.54) is 6.33 Å². The van der Waals surface area contributed by atoms with Crippen LogP contribution in [0.3, 0.4) is 0 Å². The van der Waals surface area contributed by atoms with E-state index in [2.05, 4.69) is 21.8 Å². The number of piperidine rings is 1. The molecule has 0 radical (unpaired) electrons. The van der Waals surface area contributed by atoms with Crippen molar-refractivity contribution in [2.24, 2.45) is 0 Å². The number of halogens is 1. The Kier molecular flexibility index (Phi) is 4.18. The molecule has 0 saturated carbocycles. The highest BCUT2D eigenvalue weighted by molar-refractivity contribution is 6.30. The maximum Gasteiger partial charge on any atom is 0.137 e. The predicted molar refractivity (Wildman–Crippen MR) is 68.5 cm³/mol. The van der Waals surface area contributed by atoms with E-state index in [0.29, 0.717) is 11.7 Å². The molecule has 0 aromatic carbocycles. The van der Waals surface area contributed by atoms with Gasteiger partial charge in [-0.15, -0.1) is 0 Å². The smallest absolute Gasteiger partial charge is 0.137 e. The first-order chi connectivity index (χ1) is 8.22. The maximum atomic E-state index is 9.71. The minimum absolute atomic E-state index is 0.257. The van der Waals surface area contributed by atoms with Gasteiger partial charge in [0.15, 0.2) is 0 Å². The Morgan fingerprint density at radius 3 is 3.06 bits per heavy atom. The second-order valence-corrected chi connectivity index (χ2v) is 4.82. The number of nitrogens with zero attached hydrogens (tertiary/aromatic N) is 3. The Morgan fingerprint density at radius 1 is 1.53 bits per heavy atom. The van der Waals surface area contributed by atoms with Gasteiger partial charge in [-0.1, -0.05) is 24.9 Å². The van der Waals surface area contributed by atoms with Crippen LogP contribution >= 0.6 is 11.6 Å². The molecule has 1 unspecified atom stereocenters. The molecule has 94 valence electrons. The van der Waals surface area contributed by atoms with Crippen LogP contribution in [0.2, 0.25) is 5.15 Å². The average molecular weight is 256 g/mol. The number of anilines is 1. The lowest BCUT2D eigenvalue weighted by Crippen LogP contribution is -2.39. The van der Waals surface area contributed by atoms with Gasteiger partial charge in [0.1, 0.15) is 17.3 Å². The molecule has 0 amide bonds. The molecule has 0 bridgehead atoms. The lowest BCUT2D eigenvalue weighted by molar-refractivity contribution is 0.153. The molecule has 1 aromatic heterocycles. The summed E-state index contributed by atoms with van der Waals surface area (Å²) in [5.41, 5.74) is 1.01. The Bertz CT molecular complexity index is 386. The van der Waals surface area contributed by atoms with E-state index in [0.717, 1.165) is 43.6 Å². The van der Waals surface area contributed by atoms with Crippen molar-refractivity contribution in [1.29, 1.82) is 0 Å². The second kappa shape index (κ2) is 5.65. The summed E-state index contributed by atoms with van der Waals surface area (Å²) < 4.78 is 0. The van der Waals surface area contributed by atoms with Gasteiger partial charge in [0.25, 0.3) is 0 Å². The molecule has 1 atom stereocenters. The summed E-state index contributed by atoms with van der Waals surface area (Å²) in [5.74, 6) is 0.894. The molecule has 1 aliphatic heterocycles. The van der Waals surface area contributed by atoms with Crippen molar-refractivity contribution in [3.8, 4) is 0 Å². The molecule has 2 rings (SSSR count). The van der Waals surface area contributed by atoms with Gasteiger partial charge in [0.2, 0.25) is 0 Å². The van der Waals surface area contributed by atoms with Gasteiger partial charge in [-0.25, -0.2) is 9.97 Å². The number of hydrogen-bond acceptors (Lipinski definition) is 4. The minimum Gasteiger partial charge on any atom is -0.391 e. The van der Waals surface area contributed by atoms with Gasteiger partial charge >= 0.3 is 0 Å². The Balaban J connectivity index is 2.27. The first-order valence-electron chi connectivity index (χ1n) is 6.14. The molecule has 1 N–H and O–H groups in total. The van der Waals surface area contributed by atoms with Gasteiger partial charge in [-0.05, 0) is 19.3 Å². The highest BCUT2D eigenvalue weighted by Crippen LogP contribution is 2.27. The highest BCUT2D eigenvalue weighted by atomic mass is 35.5. The van der Waals surface area contributed by atoms with Gasteiger partial charge in [-0.2, -0.15) is 0 Å². The monoisotopic (exact) mass is 255 g/mol. The third-order valence-electron chi connectivity index (χ3n) is 3.07. The zero-order valence-electron chi connectivity index (χ0n) is 10.1. The molecule has 1 saturated heterocycles. The quantitative estimate of drug-likeness (QED) is 0.840. The summed E-state index contributed by atoms with van der Waals surface area (Å²) in [4.78, 5) is 10.5. The van der Waals surface area contributed by atoms with Crippen LogP contribution in [-0.2, 0) is 6.42 Å². The van der Waals surface area contributed by atoms with Crippen LogP contribution in [0.15, 0.2) is 6.33 Å². The second-order valence-electron chi connectivity index (χ2n) is 4.46. The van der Waals surface area contributed by atoms with Crippen LogP contribution in [0.4, 0.5) is 5.82 Å². The van der Waals surface area contributed by atoms with Crippen LogP contribution in [0, 0.1) is 0 Å². The van der Waals surface area contributed by atoms with Crippen LogP contribution in [0.5, 0.6) is 0 Å². The standard InChI is InChI=1S/C12H18ClN3O/c1-2-4-10-11(13)14-8-15-12(10)16-6-3-5-9(17)7-16/h8-9,17H,2-7H2,1H3. The number of rotatable bonds is 3. The van der Waals surface area contributed by atoms with Crippen molar-refractivity contribution < 1.29 is 5.11 Å². The number of β-amino-alcohol motifs (C(OH)–C–C–N with tert-alkyl or cyclic N) is 1. The van der Waals surface area contributed by atoms with E-state index in [-0.39, 0.29) is 6.10 Å². The van der Waals surface area contributed by atoms with Gasteiger partial charge in [0.05, 0.1) is 6.10 Å². The molecular formula is C12H18ClN3O. The third-order valence-corrected chi connectivity index (χ3v) is 3.39. The molecule has 1 fully saturated rings. The fraction of sp³-hybridized carbons (Fsp3) is 0.667. The normalized spacial score (nSPS) is 20.6. The first-order valence-corrected chi connectivity index (χ1v) is 6.52. The number of aliphatic hydroxyl groups excluding tert-OH is 1. The molecule has 1 aromatic rings. The predicted octanol–water partition coefficient (Wildman–Crippen LogP) is 2.04. The van der Waals surface area contributed by atoms with E-state index in [9.17, 15) is 5.11 Å². The lowest BCUT2D eigenvalue weighted by atomic mass is 10.1. The molecule has 4 nitrogen and oxygen atoms in total. The Labute approximate surface area is 107 Å². The van der Waals surface area contributed by atoms with E-state index < -0.39 is 0 Å². The Hall–Kier alpha value is -0.870. The third kappa shape index (κ3) is 2.87. The van der Waals surface area contributed by atoms with Gasteiger partial charge < -0.3 is 10.0 Å². The summed E-state index contributed by atoms with van der Waals surface area (Å²) in [6.07, 6.45) is 5.00. The van der Waals surface area contributed by atoms with Crippen LogP contribution < -0.4 is 4.90 Å².